The Morgan fingerprint density at radius 1 is 0.941 bits per heavy atom. The fourth-order valence-electron chi connectivity index (χ4n) is 1.24. The van der Waals surface area contributed by atoms with Crippen LogP contribution in [0.2, 0.25) is 0 Å². The fourth-order valence-corrected chi connectivity index (χ4v) is 1.24. The van der Waals surface area contributed by atoms with Crippen molar-refractivity contribution in [3.05, 3.63) is 65.7 Å². The Bertz CT molecular complexity index is 454. The van der Waals surface area contributed by atoms with Gasteiger partial charge in [-0.15, -0.1) is 0 Å². The van der Waals surface area contributed by atoms with Crippen LogP contribution in [0, 0.1) is 6.92 Å². The lowest BCUT2D eigenvalue weighted by Gasteiger charge is -1.92. The van der Waals surface area contributed by atoms with Gasteiger partial charge in [-0.25, -0.2) is 0 Å². The molecule has 0 aromatic heterocycles. The molecule has 2 rings (SSSR count). The minimum Gasteiger partial charge on any atom is -0.508 e. The molecule has 0 radical (unpaired) electrons. The lowest BCUT2D eigenvalue weighted by atomic mass is 10.2. The van der Waals surface area contributed by atoms with E-state index in [0.717, 1.165) is 11.1 Å². The topological polar surface area (TPSA) is 37.3 Å². The monoisotopic (exact) mass is 228 g/mol. The van der Waals surface area contributed by atoms with Gasteiger partial charge in [0, 0.05) is 5.56 Å². The van der Waals surface area contributed by atoms with Crippen molar-refractivity contribution >= 4 is 5.78 Å². The number of benzene rings is 2. The number of hydrogen-bond donors (Lipinski definition) is 1. The number of rotatable bonds is 1. The number of para-hydroxylation sites is 1. The molecule has 2 aromatic carbocycles. The van der Waals surface area contributed by atoms with Gasteiger partial charge in [0.05, 0.1) is 0 Å². The van der Waals surface area contributed by atoms with Crippen LogP contribution in [0.1, 0.15) is 22.8 Å². The summed E-state index contributed by atoms with van der Waals surface area (Å²) in [6, 6.07) is 16.5. The van der Waals surface area contributed by atoms with Crippen LogP contribution in [0.25, 0.3) is 0 Å². The Kier molecular flexibility index (Phi) is 4.95. The smallest absolute Gasteiger partial charge is 0.159 e. The Hall–Kier alpha value is -2.09. The van der Waals surface area contributed by atoms with Crippen molar-refractivity contribution in [3.8, 4) is 5.75 Å². The van der Waals surface area contributed by atoms with Crippen LogP contribution in [0.15, 0.2) is 54.6 Å². The van der Waals surface area contributed by atoms with Crippen molar-refractivity contribution in [2.45, 2.75) is 13.8 Å². The molecule has 0 saturated heterocycles. The van der Waals surface area contributed by atoms with E-state index < -0.39 is 0 Å². The predicted octanol–water partition coefficient (Wildman–Crippen LogP) is 3.59. The summed E-state index contributed by atoms with van der Waals surface area (Å²) in [5, 5.41) is 8.92. The van der Waals surface area contributed by atoms with Gasteiger partial charge in [0.2, 0.25) is 0 Å². The maximum Gasteiger partial charge on any atom is 0.159 e. The number of ketones is 1. The first-order chi connectivity index (χ1) is 8.11. The number of aromatic hydroxyl groups is 1. The van der Waals surface area contributed by atoms with Crippen LogP contribution >= 0.6 is 0 Å². The van der Waals surface area contributed by atoms with E-state index in [9.17, 15) is 4.79 Å². The number of phenols is 1. The molecule has 0 bridgehead atoms. The molecule has 1 N–H and O–H groups in total. The summed E-state index contributed by atoms with van der Waals surface area (Å²) in [7, 11) is 0. The Labute approximate surface area is 102 Å². The van der Waals surface area contributed by atoms with Crippen LogP contribution in [0.5, 0.6) is 5.75 Å². The Morgan fingerprint density at radius 2 is 1.47 bits per heavy atom. The summed E-state index contributed by atoms with van der Waals surface area (Å²) in [5.41, 5.74) is 1.70. The molecule has 0 aliphatic rings. The van der Waals surface area contributed by atoms with Crippen molar-refractivity contribution in [2.24, 2.45) is 0 Å². The van der Waals surface area contributed by atoms with Gasteiger partial charge in [0.1, 0.15) is 5.75 Å². The highest BCUT2D eigenvalue weighted by molar-refractivity contribution is 5.93. The molecule has 0 saturated carbocycles. The molecule has 2 nitrogen and oxygen atoms in total. The van der Waals surface area contributed by atoms with Gasteiger partial charge < -0.3 is 5.11 Å². The highest BCUT2D eigenvalue weighted by Gasteiger charge is 1.92. The minimum atomic E-state index is 0.121. The first-order valence-corrected chi connectivity index (χ1v) is 5.42. The third-order valence-electron chi connectivity index (χ3n) is 2.30. The molecular formula is C15H16O2. The van der Waals surface area contributed by atoms with Crippen molar-refractivity contribution in [3.63, 3.8) is 0 Å². The van der Waals surface area contributed by atoms with E-state index >= 15 is 0 Å². The molecule has 0 atom stereocenters. The van der Waals surface area contributed by atoms with Crippen molar-refractivity contribution in [1.29, 1.82) is 0 Å². The number of carbonyl (C=O) groups excluding carboxylic acids is 1. The summed E-state index contributed by atoms with van der Waals surface area (Å²) in [6.45, 7) is 3.44. The second kappa shape index (κ2) is 6.48. The summed E-state index contributed by atoms with van der Waals surface area (Å²) < 4.78 is 0. The molecule has 0 heterocycles. The van der Waals surface area contributed by atoms with Crippen LogP contribution in [0.4, 0.5) is 0 Å². The second-order valence-electron chi connectivity index (χ2n) is 3.71. The Balaban J connectivity index is 0.000000171. The van der Waals surface area contributed by atoms with Crippen molar-refractivity contribution in [2.75, 3.05) is 0 Å². The third kappa shape index (κ3) is 4.51. The quantitative estimate of drug-likeness (QED) is 0.757. The zero-order valence-electron chi connectivity index (χ0n) is 10.1. The maximum absolute atomic E-state index is 10.6. The highest BCUT2D eigenvalue weighted by atomic mass is 16.3. The average molecular weight is 228 g/mol. The van der Waals surface area contributed by atoms with Crippen molar-refractivity contribution < 1.29 is 9.90 Å². The third-order valence-corrected chi connectivity index (χ3v) is 2.30. The number of Topliss-reactive ketones (excluding diaryl/α,β-unsaturated/α-hetero) is 1. The largest absolute Gasteiger partial charge is 0.508 e. The van der Waals surface area contributed by atoms with Crippen molar-refractivity contribution in [1.82, 2.24) is 0 Å². The van der Waals surface area contributed by atoms with Gasteiger partial charge in [-0.3, -0.25) is 4.79 Å². The average Bonchev–Trinajstić information content (AvgIpc) is 2.35. The van der Waals surface area contributed by atoms with Gasteiger partial charge in [-0.05, 0) is 25.5 Å². The fraction of sp³-hybridized carbons (Fsp3) is 0.133. The molecule has 0 amide bonds. The molecule has 2 heteroatoms. The van der Waals surface area contributed by atoms with Gasteiger partial charge in [0.15, 0.2) is 5.78 Å². The molecule has 0 fully saturated rings. The maximum atomic E-state index is 10.6. The minimum absolute atomic E-state index is 0.121. The standard InChI is InChI=1S/C8H8O.C7H8O/c1-7(9)8-5-3-2-4-6-8;1-6-4-2-3-5-7(6)8/h2-6H,1H3;2-5,8H,1H3. The lowest BCUT2D eigenvalue weighted by Crippen LogP contribution is -1.88. The molecule has 0 aliphatic carbocycles. The molecule has 2 aromatic rings. The molecule has 0 unspecified atom stereocenters. The Morgan fingerprint density at radius 3 is 1.82 bits per heavy atom. The van der Waals surface area contributed by atoms with E-state index in [1.54, 1.807) is 13.0 Å². The van der Waals surface area contributed by atoms with Crippen LogP contribution in [0.3, 0.4) is 0 Å². The normalized spacial score (nSPS) is 9.06. The second-order valence-corrected chi connectivity index (χ2v) is 3.71. The number of carbonyl (C=O) groups is 1. The first kappa shape index (κ1) is 13.0. The predicted molar refractivity (Wildman–Crippen MR) is 69.3 cm³/mol. The molecule has 0 spiro atoms. The summed E-state index contributed by atoms with van der Waals surface area (Å²) >= 11 is 0. The molecule has 88 valence electrons. The molecule has 0 aliphatic heterocycles. The van der Waals surface area contributed by atoms with Crippen LogP contribution < -0.4 is 0 Å². The van der Waals surface area contributed by atoms with E-state index in [0.29, 0.717) is 5.75 Å². The summed E-state index contributed by atoms with van der Waals surface area (Å²) in [4.78, 5) is 10.6. The van der Waals surface area contributed by atoms with Gasteiger partial charge >= 0.3 is 0 Å². The molecule has 17 heavy (non-hydrogen) atoms. The van der Waals surface area contributed by atoms with E-state index in [1.165, 1.54) is 0 Å². The highest BCUT2D eigenvalue weighted by Crippen LogP contribution is 2.12. The van der Waals surface area contributed by atoms with E-state index in [1.807, 2.05) is 55.5 Å². The van der Waals surface area contributed by atoms with E-state index in [-0.39, 0.29) is 5.78 Å². The summed E-state index contributed by atoms with van der Waals surface area (Å²) in [6.07, 6.45) is 0. The van der Waals surface area contributed by atoms with Gasteiger partial charge in [-0.1, -0.05) is 48.5 Å². The zero-order valence-corrected chi connectivity index (χ0v) is 10.1. The lowest BCUT2D eigenvalue weighted by molar-refractivity contribution is 0.101. The SMILES string of the molecule is CC(=O)c1ccccc1.Cc1ccccc1O. The summed E-state index contributed by atoms with van der Waals surface area (Å²) in [5.74, 6) is 0.489. The number of phenolic OH excluding ortho intramolecular Hbond substituents is 1. The number of aryl methyl sites for hydroxylation is 1. The number of hydrogen-bond acceptors (Lipinski definition) is 2. The zero-order chi connectivity index (χ0) is 12.7. The first-order valence-electron chi connectivity index (χ1n) is 5.42. The van der Waals surface area contributed by atoms with E-state index in [4.69, 9.17) is 5.11 Å². The van der Waals surface area contributed by atoms with E-state index in [2.05, 4.69) is 0 Å². The molecular weight excluding hydrogens is 212 g/mol. The van der Waals surface area contributed by atoms with Crippen LogP contribution in [-0.2, 0) is 0 Å². The van der Waals surface area contributed by atoms with Gasteiger partial charge in [-0.2, -0.15) is 0 Å². The van der Waals surface area contributed by atoms with Gasteiger partial charge in [0.25, 0.3) is 0 Å². The van der Waals surface area contributed by atoms with Crippen LogP contribution in [-0.4, -0.2) is 10.9 Å².